The minimum atomic E-state index is 0.236. The van der Waals surface area contributed by atoms with Crippen LogP contribution in [-0.4, -0.2) is 68.3 Å². The number of hydrogen-bond donors (Lipinski definition) is 0. The summed E-state index contributed by atoms with van der Waals surface area (Å²) in [6.07, 6.45) is 3.26. The Morgan fingerprint density at radius 3 is 2.83 bits per heavy atom. The van der Waals surface area contributed by atoms with Crippen LogP contribution in [0.4, 0.5) is 0 Å². The van der Waals surface area contributed by atoms with Crippen molar-refractivity contribution in [1.29, 1.82) is 0 Å². The first-order valence-electron chi connectivity index (χ1n) is 8.49. The molecule has 0 radical (unpaired) electrons. The van der Waals surface area contributed by atoms with Gasteiger partial charge >= 0.3 is 0 Å². The molecule has 2 fully saturated rings. The minimum Gasteiger partial charge on any atom is -0.496 e. The summed E-state index contributed by atoms with van der Waals surface area (Å²) in [6.45, 7) is 4.32. The standard InChI is InChI=1S/C18H26N2O3/c1-22-17-7-3-2-5-15(17)13-16-6-4-8-20(16)14-18(21)19-9-11-23-12-10-19/h2-3,5,7,16H,4,6,8-14H2,1H3/t16-/m1/s1. The molecule has 1 atom stereocenters. The molecule has 0 unspecified atom stereocenters. The first-order chi connectivity index (χ1) is 11.3. The Hall–Kier alpha value is -1.59. The number of hydrogen-bond acceptors (Lipinski definition) is 4. The first-order valence-corrected chi connectivity index (χ1v) is 8.49. The SMILES string of the molecule is COc1ccccc1C[C@H]1CCCN1CC(=O)N1CCOCC1. The highest BCUT2D eigenvalue weighted by molar-refractivity contribution is 5.78. The molecule has 1 aromatic carbocycles. The maximum atomic E-state index is 12.5. The number of para-hydroxylation sites is 1. The molecule has 2 aliphatic heterocycles. The average Bonchev–Trinajstić information content (AvgIpc) is 3.03. The summed E-state index contributed by atoms with van der Waals surface area (Å²) in [5.41, 5.74) is 1.23. The summed E-state index contributed by atoms with van der Waals surface area (Å²) in [7, 11) is 1.72. The molecule has 0 aromatic heterocycles. The lowest BCUT2D eigenvalue weighted by Crippen LogP contribution is -2.47. The van der Waals surface area contributed by atoms with Crippen LogP contribution in [0.2, 0.25) is 0 Å². The number of likely N-dealkylation sites (tertiary alicyclic amines) is 1. The number of morpholine rings is 1. The van der Waals surface area contributed by atoms with E-state index in [4.69, 9.17) is 9.47 Å². The van der Waals surface area contributed by atoms with Crippen LogP contribution >= 0.6 is 0 Å². The third-order valence-electron chi connectivity index (χ3n) is 4.85. The number of nitrogens with zero attached hydrogens (tertiary/aromatic N) is 2. The van der Waals surface area contributed by atoms with Crippen molar-refractivity contribution >= 4 is 5.91 Å². The van der Waals surface area contributed by atoms with Crippen LogP contribution in [0.15, 0.2) is 24.3 Å². The Kier molecular flexibility index (Phi) is 5.51. The van der Waals surface area contributed by atoms with Gasteiger partial charge in [-0.3, -0.25) is 9.69 Å². The van der Waals surface area contributed by atoms with Gasteiger partial charge in [0.2, 0.25) is 5.91 Å². The molecular weight excluding hydrogens is 292 g/mol. The van der Waals surface area contributed by atoms with E-state index in [0.717, 1.165) is 44.6 Å². The first kappa shape index (κ1) is 16.3. The molecular formula is C18H26N2O3. The fourth-order valence-electron chi connectivity index (χ4n) is 3.55. The summed E-state index contributed by atoms with van der Waals surface area (Å²) in [6, 6.07) is 8.61. The van der Waals surface area contributed by atoms with E-state index in [-0.39, 0.29) is 5.91 Å². The molecule has 0 bridgehead atoms. The maximum Gasteiger partial charge on any atom is 0.236 e. The van der Waals surface area contributed by atoms with Gasteiger partial charge < -0.3 is 14.4 Å². The highest BCUT2D eigenvalue weighted by Crippen LogP contribution is 2.26. The molecule has 5 heteroatoms. The molecule has 0 N–H and O–H groups in total. The van der Waals surface area contributed by atoms with Gasteiger partial charge in [0.1, 0.15) is 5.75 Å². The molecule has 23 heavy (non-hydrogen) atoms. The molecule has 1 aromatic rings. The molecule has 126 valence electrons. The zero-order valence-corrected chi connectivity index (χ0v) is 13.9. The minimum absolute atomic E-state index is 0.236. The Labute approximate surface area is 138 Å². The largest absolute Gasteiger partial charge is 0.496 e. The van der Waals surface area contributed by atoms with Crippen molar-refractivity contribution in [2.45, 2.75) is 25.3 Å². The lowest BCUT2D eigenvalue weighted by Gasteiger charge is -2.31. The van der Waals surface area contributed by atoms with E-state index in [1.54, 1.807) is 7.11 Å². The summed E-state index contributed by atoms with van der Waals surface area (Å²) < 4.78 is 10.8. The van der Waals surface area contributed by atoms with E-state index in [2.05, 4.69) is 17.0 Å². The van der Waals surface area contributed by atoms with Gasteiger partial charge in [0, 0.05) is 19.1 Å². The molecule has 0 spiro atoms. The van der Waals surface area contributed by atoms with Crippen LogP contribution in [0.25, 0.3) is 0 Å². The number of amides is 1. The van der Waals surface area contributed by atoms with Crippen LogP contribution in [0.1, 0.15) is 18.4 Å². The van der Waals surface area contributed by atoms with E-state index >= 15 is 0 Å². The highest BCUT2D eigenvalue weighted by Gasteiger charge is 2.29. The van der Waals surface area contributed by atoms with Crippen molar-refractivity contribution in [2.24, 2.45) is 0 Å². The van der Waals surface area contributed by atoms with Crippen LogP contribution < -0.4 is 4.74 Å². The molecule has 2 aliphatic rings. The number of carbonyl (C=O) groups is 1. The van der Waals surface area contributed by atoms with E-state index in [1.807, 2.05) is 17.0 Å². The fourth-order valence-corrected chi connectivity index (χ4v) is 3.55. The number of methoxy groups -OCH3 is 1. The highest BCUT2D eigenvalue weighted by atomic mass is 16.5. The van der Waals surface area contributed by atoms with Gasteiger partial charge in [-0.05, 0) is 37.4 Å². The van der Waals surface area contributed by atoms with Gasteiger partial charge in [0.15, 0.2) is 0 Å². The zero-order chi connectivity index (χ0) is 16.1. The van der Waals surface area contributed by atoms with E-state index in [0.29, 0.717) is 25.8 Å². The van der Waals surface area contributed by atoms with Crippen LogP contribution in [0.5, 0.6) is 5.75 Å². The van der Waals surface area contributed by atoms with Gasteiger partial charge in [-0.1, -0.05) is 18.2 Å². The third-order valence-corrected chi connectivity index (χ3v) is 4.85. The molecule has 3 rings (SSSR count). The van der Waals surface area contributed by atoms with E-state index in [1.165, 1.54) is 5.56 Å². The molecule has 5 nitrogen and oxygen atoms in total. The average molecular weight is 318 g/mol. The number of carbonyl (C=O) groups excluding carboxylic acids is 1. The fraction of sp³-hybridized carbons (Fsp3) is 0.611. The van der Waals surface area contributed by atoms with Crippen molar-refractivity contribution in [3.8, 4) is 5.75 Å². The lowest BCUT2D eigenvalue weighted by atomic mass is 10.0. The van der Waals surface area contributed by atoms with Crippen molar-refractivity contribution in [2.75, 3.05) is 46.5 Å². The smallest absolute Gasteiger partial charge is 0.236 e. The quantitative estimate of drug-likeness (QED) is 0.826. The third kappa shape index (κ3) is 4.03. The predicted molar refractivity (Wildman–Crippen MR) is 88.7 cm³/mol. The molecule has 1 amide bonds. The summed E-state index contributed by atoms with van der Waals surface area (Å²) in [4.78, 5) is 16.7. The van der Waals surface area contributed by atoms with Gasteiger partial charge in [-0.2, -0.15) is 0 Å². The number of benzene rings is 1. The maximum absolute atomic E-state index is 12.5. The van der Waals surface area contributed by atoms with Crippen LogP contribution in [0.3, 0.4) is 0 Å². The Morgan fingerprint density at radius 2 is 2.04 bits per heavy atom. The topological polar surface area (TPSA) is 42.0 Å². The molecule has 2 saturated heterocycles. The van der Waals surface area contributed by atoms with E-state index in [9.17, 15) is 4.79 Å². The molecule has 2 heterocycles. The second kappa shape index (κ2) is 7.79. The second-order valence-corrected chi connectivity index (χ2v) is 6.28. The van der Waals surface area contributed by atoms with Gasteiger partial charge in [0.05, 0.1) is 26.9 Å². The predicted octanol–water partition coefficient (Wildman–Crippen LogP) is 1.56. The van der Waals surface area contributed by atoms with Crippen molar-refractivity contribution in [3.05, 3.63) is 29.8 Å². The monoisotopic (exact) mass is 318 g/mol. The molecule has 0 saturated carbocycles. The Morgan fingerprint density at radius 1 is 1.26 bits per heavy atom. The number of rotatable bonds is 5. The van der Waals surface area contributed by atoms with E-state index < -0.39 is 0 Å². The summed E-state index contributed by atoms with van der Waals surface area (Å²) in [5, 5.41) is 0. The summed E-state index contributed by atoms with van der Waals surface area (Å²) >= 11 is 0. The summed E-state index contributed by atoms with van der Waals surface area (Å²) in [5.74, 6) is 1.18. The van der Waals surface area contributed by atoms with Crippen LogP contribution in [-0.2, 0) is 16.0 Å². The van der Waals surface area contributed by atoms with Crippen LogP contribution in [0, 0.1) is 0 Å². The van der Waals surface area contributed by atoms with Crippen molar-refractivity contribution < 1.29 is 14.3 Å². The van der Waals surface area contributed by atoms with Gasteiger partial charge in [-0.25, -0.2) is 0 Å². The normalized spacial score (nSPS) is 22.3. The molecule has 0 aliphatic carbocycles. The van der Waals surface area contributed by atoms with Crippen molar-refractivity contribution in [3.63, 3.8) is 0 Å². The van der Waals surface area contributed by atoms with Gasteiger partial charge in [0.25, 0.3) is 0 Å². The Bertz CT molecular complexity index is 529. The van der Waals surface area contributed by atoms with Gasteiger partial charge in [-0.15, -0.1) is 0 Å². The zero-order valence-electron chi connectivity index (χ0n) is 13.9. The van der Waals surface area contributed by atoms with Crippen molar-refractivity contribution in [1.82, 2.24) is 9.80 Å². The Balaban J connectivity index is 1.60. The second-order valence-electron chi connectivity index (χ2n) is 6.28. The lowest BCUT2D eigenvalue weighted by molar-refractivity contribution is -0.136. The number of ether oxygens (including phenoxy) is 2.